The summed E-state index contributed by atoms with van der Waals surface area (Å²) in [5, 5.41) is 7.73. The number of nitrogens with zero attached hydrogens (tertiary/aromatic N) is 2. The van der Waals surface area contributed by atoms with Crippen LogP contribution >= 0.6 is 11.6 Å². The number of carbonyl (C=O) groups is 1. The van der Waals surface area contributed by atoms with Gasteiger partial charge in [-0.1, -0.05) is 11.6 Å². The predicted octanol–water partition coefficient (Wildman–Crippen LogP) is 2.57. The van der Waals surface area contributed by atoms with Crippen molar-refractivity contribution >= 4 is 29.4 Å². The van der Waals surface area contributed by atoms with Crippen LogP contribution < -0.4 is 16.8 Å². The highest BCUT2D eigenvalue weighted by molar-refractivity contribution is 6.33. The van der Waals surface area contributed by atoms with Gasteiger partial charge >= 0.3 is 0 Å². The number of rotatable bonds is 1. The molecule has 2 unspecified atom stereocenters. The highest BCUT2D eigenvalue weighted by Gasteiger charge is 2.33. The molecule has 0 fully saturated rings. The van der Waals surface area contributed by atoms with Gasteiger partial charge in [0, 0.05) is 31.6 Å². The summed E-state index contributed by atoms with van der Waals surface area (Å²) < 4.78 is 14.9. The molecule has 2 aliphatic rings. The lowest BCUT2D eigenvalue weighted by Gasteiger charge is -2.32. The molecule has 0 spiro atoms. The summed E-state index contributed by atoms with van der Waals surface area (Å²) in [6.07, 6.45) is 4.41. The van der Waals surface area contributed by atoms with Crippen LogP contribution in [-0.4, -0.2) is 28.7 Å². The van der Waals surface area contributed by atoms with Gasteiger partial charge in [0.2, 0.25) is 0 Å². The van der Waals surface area contributed by atoms with Crippen molar-refractivity contribution in [1.82, 2.24) is 9.78 Å². The van der Waals surface area contributed by atoms with Crippen molar-refractivity contribution in [3.8, 4) is 0 Å². The number of benzene rings is 1. The summed E-state index contributed by atoms with van der Waals surface area (Å²) >= 11 is 5.91. The average molecular weight is 394 g/mol. The Bertz CT molecular complexity index is 868. The van der Waals surface area contributed by atoms with Gasteiger partial charge in [-0.05, 0) is 43.9 Å². The summed E-state index contributed by atoms with van der Waals surface area (Å²) in [7, 11) is 1.87. The second kappa shape index (κ2) is 7.48. The van der Waals surface area contributed by atoms with Crippen LogP contribution in [0.1, 0.15) is 36.6 Å². The fraction of sp³-hybridized carbons (Fsp3) is 0.474. The molecule has 0 radical (unpaired) electrons. The smallest absolute Gasteiger partial charge is 0.130 e. The summed E-state index contributed by atoms with van der Waals surface area (Å²) in [5.41, 5.74) is 14.6. The number of carbonyl (C=O) groups excluding carboxylic acids is 1. The lowest BCUT2D eigenvalue weighted by molar-refractivity contribution is -0.112. The minimum atomic E-state index is -0.633. The Morgan fingerprint density at radius 3 is 2.93 bits per heavy atom. The summed E-state index contributed by atoms with van der Waals surface area (Å²) in [6.45, 7) is 2.48. The Balaban J connectivity index is 0.000000159. The molecule has 1 aliphatic carbocycles. The maximum absolute atomic E-state index is 13.2. The van der Waals surface area contributed by atoms with Crippen molar-refractivity contribution < 1.29 is 9.18 Å². The summed E-state index contributed by atoms with van der Waals surface area (Å²) in [5.74, 6) is 0.396. The van der Waals surface area contributed by atoms with Gasteiger partial charge in [-0.2, -0.15) is 5.10 Å². The monoisotopic (exact) mass is 393 g/mol. The van der Waals surface area contributed by atoms with Crippen molar-refractivity contribution in [2.45, 2.75) is 44.1 Å². The van der Waals surface area contributed by atoms with E-state index in [0.29, 0.717) is 29.2 Å². The van der Waals surface area contributed by atoms with Gasteiger partial charge in [0.1, 0.15) is 17.9 Å². The van der Waals surface area contributed by atoms with E-state index >= 15 is 0 Å². The van der Waals surface area contributed by atoms with Crippen LogP contribution in [0.25, 0.3) is 0 Å². The highest BCUT2D eigenvalue weighted by Crippen LogP contribution is 2.40. The molecule has 2 aromatic rings. The van der Waals surface area contributed by atoms with Crippen LogP contribution in [0.3, 0.4) is 0 Å². The van der Waals surface area contributed by atoms with Gasteiger partial charge in [-0.3, -0.25) is 4.68 Å². The summed E-state index contributed by atoms with van der Waals surface area (Å²) in [6, 6.07) is 2.90. The standard InChI is InChI=1S/C11H11ClFNO.C8H14N4/c1-11(6-15)2-3-14-10-8(11)4-7(13)5-9(10)12;1-12-8(10)6-3-2-5(9)4-7(6)11-12/h4-6,14H,2-3H2,1H3;5H,2-4,9-10H2,1H3. The first-order chi connectivity index (χ1) is 12.7. The fourth-order valence-electron chi connectivity index (χ4n) is 3.66. The van der Waals surface area contributed by atoms with E-state index in [1.165, 1.54) is 17.7 Å². The van der Waals surface area contributed by atoms with Crippen LogP contribution in [-0.2, 0) is 30.1 Å². The first kappa shape index (κ1) is 19.6. The van der Waals surface area contributed by atoms with E-state index < -0.39 is 11.2 Å². The van der Waals surface area contributed by atoms with Crippen LogP contribution in [0.4, 0.5) is 15.9 Å². The highest BCUT2D eigenvalue weighted by atomic mass is 35.5. The van der Waals surface area contributed by atoms with Crippen molar-refractivity contribution in [3.05, 3.63) is 39.8 Å². The molecular weight excluding hydrogens is 369 g/mol. The quantitative estimate of drug-likeness (QED) is 0.647. The SMILES string of the molecule is CC1(C=O)CCNc2c(Cl)cc(F)cc21.Cn1nc2c(c1N)CCC(N)C2. The Hall–Kier alpha value is -2.12. The molecule has 0 bridgehead atoms. The first-order valence-electron chi connectivity index (χ1n) is 9.00. The number of halogens is 2. The van der Waals surface area contributed by atoms with Gasteiger partial charge < -0.3 is 21.6 Å². The van der Waals surface area contributed by atoms with Gasteiger partial charge in [0.05, 0.1) is 21.8 Å². The molecule has 8 heteroatoms. The molecule has 0 saturated carbocycles. The fourth-order valence-corrected chi connectivity index (χ4v) is 3.94. The number of anilines is 2. The summed E-state index contributed by atoms with van der Waals surface area (Å²) in [4.78, 5) is 11.1. The largest absolute Gasteiger partial charge is 0.384 e. The normalized spacial score (nSPS) is 23.4. The van der Waals surface area contributed by atoms with Crippen molar-refractivity contribution in [1.29, 1.82) is 0 Å². The zero-order valence-electron chi connectivity index (χ0n) is 15.6. The molecule has 1 aromatic carbocycles. The van der Waals surface area contributed by atoms with Crippen LogP contribution in [0.15, 0.2) is 12.1 Å². The molecule has 0 amide bonds. The zero-order chi connectivity index (χ0) is 19.8. The van der Waals surface area contributed by atoms with E-state index in [0.717, 1.165) is 37.1 Å². The molecule has 1 aliphatic heterocycles. The third-order valence-electron chi connectivity index (χ3n) is 5.37. The molecule has 5 N–H and O–H groups in total. The topological polar surface area (TPSA) is 99.0 Å². The van der Waals surface area contributed by atoms with E-state index in [4.69, 9.17) is 23.1 Å². The van der Waals surface area contributed by atoms with E-state index in [1.54, 1.807) is 11.6 Å². The molecule has 2 atom stereocenters. The average Bonchev–Trinajstić information content (AvgIpc) is 2.90. The van der Waals surface area contributed by atoms with Crippen LogP contribution in [0.2, 0.25) is 5.02 Å². The number of aldehydes is 1. The number of aromatic nitrogens is 2. The van der Waals surface area contributed by atoms with E-state index in [-0.39, 0.29) is 6.04 Å². The van der Waals surface area contributed by atoms with E-state index in [9.17, 15) is 9.18 Å². The van der Waals surface area contributed by atoms with E-state index in [2.05, 4.69) is 10.4 Å². The number of hydrogen-bond donors (Lipinski definition) is 3. The molecule has 1 aromatic heterocycles. The van der Waals surface area contributed by atoms with Crippen LogP contribution in [0, 0.1) is 5.82 Å². The van der Waals surface area contributed by atoms with Gasteiger partial charge in [0.25, 0.3) is 0 Å². The molecular formula is C19H25ClFN5O. The van der Waals surface area contributed by atoms with Gasteiger partial charge in [-0.15, -0.1) is 0 Å². The lowest BCUT2D eigenvalue weighted by Crippen LogP contribution is -2.32. The van der Waals surface area contributed by atoms with Crippen molar-refractivity contribution in [3.63, 3.8) is 0 Å². The Labute approximate surface area is 163 Å². The van der Waals surface area contributed by atoms with Gasteiger partial charge in [0.15, 0.2) is 0 Å². The van der Waals surface area contributed by atoms with E-state index in [1.807, 2.05) is 7.05 Å². The minimum absolute atomic E-state index is 0.270. The number of hydrogen-bond acceptors (Lipinski definition) is 5. The number of aryl methyl sites for hydroxylation is 1. The molecule has 0 saturated heterocycles. The Kier molecular flexibility index (Phi) is 5.44. The Morgan fingerprint density at radius 1 is 1.48 bits per heavy atom. The van der Waals surface area contributed by atoms with Crippen molar-refractivity contribution in [2.24, 2.45) is 12.8 Å². The maximum atomic E-state index is 13.2. The third-order valence-corrected chi connectivity index (χ3v) is 5.67. The minimum Gasteiger partial charge on any atom is -0.384 e. The molecule has 27 heavy (non-hydrogen) atoms. The van der Waals surface area contributed by atoms with Crippen LogP contribution in [0.5, 0.6) is 0 Å². The van der Waals surface area contributed by atoms with Gasteiger partial charge in [-0.25, -0.2) is 4.39 Å². The first-order valence-corrected chi connectivity index (χ1v) is 9.38. The molecule has 146 valence electrons. The molecule has 6 nitrogen and oxygen atoms in total. The molecule has 4 rings (SSSR count). The molecule has 2 heterocycles. The second-order valence-electron chi connectivity index (χ2n) is 7.46. The number of fused-ring (bicyclic) bond motifs is 2. The number of nitrogen functional groups attached to an aromatic ring is 1. The number of nitrogens with one attached hydrogen (secondary N) is 1. The predicted molar refractivity (Wildman–Crippen MR) is 106 cm³/mol. The second-order valence-corrected chi connectivity index (χ2v) is 7.87. The Morgan fingerprint density at radius 2 is 2.22 bits per heavy atom. The third kappa shape index (κ3) is 3.80. The number of nitrogens with two attached hydrogens (primary N) is 2. The lowest BCUT2D eigenvalue weighted by atomic mass is 9.78. The maximum Gasteiger partial charge on any atom is 0.130 e. The zero-order valence-corrected chi connectivity index (χ0v) is 16.3. The van der Waals surface area contributed by atoms with Crippen molar-refractivity contribution in [2.75, 3.05) is 17.6 Å².